The van der Waals surface area contributed by atoms with Crippen LogP contribution in [0.3, 0.4) is 0 Å². The smallest absolute Gasteiger partial charge is 0.329 e. The van der Waals surface area contributed by atoms with Crippen LogP contribution in [0.2, 0.25) is 0 Å². The van der Waals surface area contributed by atoms with Crippen molar-refractivity contribution in [2.75, 3.05) is 0 Å². The Hall–Kier alpha value is -1.12. The summed E-state index contributed by atoms with van der Waals surface area (Å²) in [6, 6.07) is 2.48. The van der Waals surface area contributed by atoms with Crippen molar-refractivity contribution in [3.05, 3.63) is 35.6 Å². The molecule has 0 unspecified atom stereocenters. The lowest BCUT2D eigenvalue weighted by molar-refractivity contribution is -0.611. The first kappa shape index (κ1) is 5.03. The largest absolute Gasteiger partial charge is 0.618 e. The molecule has 0 aliphatic carbocycles. The molecule has 0 aliphatic rings. The summed E-state index contributed by atoms with van der Waals surface area (Å²) in [6.45, 7) is 0. The zero-order valence-electron chi connectivity index (χ0n) is 3.97. The Morgan fingerprint density at radius 3 is 2.88 bits per heavy atom. The van der Waals surface area contributed by atoms with Gasteiger partial charge in [-0.3, -0.25) is 0 Å². The van der Waals surface area contributed by atoms with E-state index in [9.17, 15) is 9.60 Å². The minimum absolute atomic E-state index is 0.287. The van der Waals surface area contributed by atoms with Crippen LogP contribution >= 0.6 is 0 Å². The minimum atomic E-state index is -0.637. The standard InChI is InChI=1S/C5H3FNO/c6-5-2-1-3-7(8)4-5/h1-3H. The Balaban J connectivity index is 3.08. The molecule has 1 heterocycles. The summed E-state index contributed by atoms with van der Waals surface area (Å²) in [5, 5.41) is 10.1. The molecule has 0 amide bonds. The van der Waals surface area contributed by atoms with E-state index in [1.54, 1.807) is 0 Å². The van der Waals surface area contributed by atoms with E-state index in [1.807, 2.05) is 6.20 Å². The summed E-state index contributed by atoms with van der Waals surface area (Å²) >= 11 is 0. The van der Waals surface area contributed by atoms with Crippen molar-refractivity contribution in [1.29, 1.82) is 0 Å². The molecular weight excluding hydrogens is 109 g/mol. The summed E-state index contributed by atoms with van der Waals surface area (Å²) < 4.78 is 12.2. The highest BCUT2D eigenvalue weighted by molar-refractivity contribution is 4.86. The van der Waals surface area contributed by atoms with Gasteiger partial charge >= 0.3 is 6.20 Å². The SMILES string of the molecule is [O-][n+]1[c]c(F)ccc1. The van der Waals surface area contributed by atoms with Crippen molar-refractivity contribution in [1.82, 2.24) is 0 Å². The maximum atomic E-state index is 11.9. The van der Waals surface area contributed by atoms with Gasteiger partial charge in [0.1, 0.15) is 0 Å². The van der Waals surface area contributed by atoms with E-state index in [4.69, 9.17) is 0 Å². The van der Waals surface area contributed by atoms with E-state index < -0.39 is 5.82 Å². The number of halogens is 1. The normalized spacial score (nSPS) is 9.12. The van der Waals surface area contributed by atoms with Crippen LogP contribution in [0, 0.1) is 17.2 Å². The first-order valence-electron chi connectivity index (χ1n) is 2.06. The van der Waals surface area contributed by atoms with Crippen molar-refractivity contribution < 1.29 is 9.12 Å². The van der Waals surface area contributed by atoms with Gasteiger partial charge in [-0.2, -0.15) is 9.12 Å². The third-order valence-corrected chi connectivity index (χ3v) is 0.681. The van der Waals surface area contributed by atoms with Crippen LogP contribution in [0.15, 0.2) is 18.3 Å². The van der Waals surface area contributed by atoms with Gasteiger partial charge in [0.25, 0.3) is 0 Å². The number of pyridine rings is 1. The topological polar surface area (TPSA) is 26.9 Å². The summed E-state index contributed by atoms with van der Waals surface area (Å²) in [5.41, 5.74) is 0. The van der Waals surface area contributed by atoms with Crippen molar-refractivity contribution >= 4 is 0 Å². The molecule has 0 saturated carbocycles. The fraction of sp³-hybridized carbons (Fsp3) is 0. The highest BCUT2D eigenvalue weighted by atomic mass is 19.1. The highest BCUT2D eigenvalue weighted by Gasteiger charge is 1.92. The fourth-order valence-electron chi connectivity index (χ4n) is 0.385. The fourth-order valence-corrected chi connectivity index (χ4v) is 0.385. The maximum absolute atomic E-state index is 11.9. The van der Waals surface area contributed by atoms with Crippen LogP contribution < -0.4 is 4.73 Å². The molecule has 0 atom stereocenters. The molecule has 0 fully saturated rings. The average Bonchev–Trinajstić information content (AvgIpc) is 1.64. The predicted octanol–water partition coefficient (Wildman–Crippen LogP) is 0.259. The molecule has 8 heavy (non-hydrogen) atoms. The molecule has 0 spiro atoms. The average molecular weight is 112 g/mol. The first-order chi connectivity index (χ1) is 3.79. The van der Waals surface area contributed by atoms with Crippen molar-refractivity contribution in [3.8, 4) is 0 Å². The van der Waals surface area contributed by atoms with Crippen LogP contribution in [0.25, 0.3) is 0 Å². The number of hydrogen-bond donors (Lipinski definition) is 0. The molecule has 1 radical (unpaired) electrons. The second-order valence-corrected chi connectivity index (χ2v) is 1.29. The Labute approximate surface area is 45.8 Å². The zero-order valence-corrected chi connectivity index (χ0v) is 3.97. The Morgan fingerprint density at radius 2 is 2.50 bits per heavy atom. The third kappa shape index (κ3) is 0.932. The monoisotopic (exact) mass is 112 g/mol. The van der Waals surface area contributed by atoms with Crippen LogP contribution in [-0.2, 0) is 0 Å². The molecule has 2 nitrogen and oxygen atoms in total. The summed E-state index contributed by atoms with van der Waals surface area (Å²) in [4.78, 5) is 0. The van der Waals surface area contributed by atoms with Gasteiger partial charge in [0.15, 0.2) is 6.20 Å². The molecule has 0 bridgehead atoms. The van der Waals surface area contributed by atoms with E-state index >= 15 is 0 Å². The number of nitrogens with zero attached hydrogens (tertiary/aromatic N) is 1. The van der Waals surface area contributed by atoms with Crippen molar-refractivity contribution in [2.45, 2.75) is 0 Å². The van der Waals surface area contributed by atoms with Crippen LogP contribution in [-0.4, -0.2) is 0 Å². The Bertz CT molecular complexity index is 172. The Kier molecular flexibility index (Phi) is 1.12. The van der Waals surface area contributed by atoms with E-state index in [0.717, 1.165) is 6.07 Å². The molecular formula is C5H3FNO. The van der Waals surface area contributed by atoms with Gasteiger partial charge in [0.2, 0.25) is 5.82 Å². The molecule has 0 aliphatic heterocycles. The van der Waals surface area contributed by atoms with Crippen molar-refractivity contribution in [2.24, 2.45) is 0 Å². The number of aromatic nitrogens is 1. The van der Waals surface area contributed by atoms with E-state index in [0.29, 0.717) is 0 Å². The Morgan fingerprint density at radius 1 is 1.75 bits per heavy atom. The summed E-state index contributed by atoms with van der Waals surface area (Å²) in [6.07, 6.45) is 3.03. The van der Waals surface area contributed by atoms with Gasteiger partial charge in [0, 0.05) is 6.07 Å². The number of rotatable bonds is 0. The molecule has 0 N–H and O–H groups in total. The summed E-state index contributed by atoms with van der Waals surface area (Å²) in [5.74, 6) is -0.637. The second kappa shape index (κ2) is 1.78. The molecule has 0 aromatic carbocycles. The van der Waals surface area contributed by atoms with Crippen LogP contribution in [0.1, 0.15) is 0 Å². The first-order valence-corrected chi connectivity index (χ1v) is 2.06. The van der Waals surface area contributed by atoms with Gasteiger partial charge in [-0.25, -0.2) is 0 Å². The number of hydrogen-bond acceptors (Lipinski definition) is 1. The maximum Gasteiger partial charge on any atom is 0.329 e. The lowest BCUT2D eigenvalue weighted by atomic mass is 10.5. The lowest BCUT2D eigenvalue weighted by Gasteiger charge is -1.88. The van der Waals surface area contributed by atoms with E-state index in [2.05, 4.69) is 0 Å². The van der Waals surface area contributed by atoms with E-state index in [1.165, 1.54) is 12.3 Å². The molecule has 0 saturated heterocycles. The molecule has 41 valence electrons. The van der Waals surface area contributed by atoms with Gasteiger partial charge in [-0.05, 0) is 6.07 Å². The molecule has 1 aromatic heterocycles. The molecule has 1 aromatic rings. The van der Waals surface area contributed by atoms with Crippen LogP contribution in [0.5, 0.6) is 0 Å². The predicted molar refractivity (Wildman–Crippen MR) is 24.2 cm³/mol. The second-order valence-electron chi connectivity index (χ2n) is 1.29. The minimum Gasteiger partial charge on any atom is -0.618 e. The highest BCUT2D eigenvalue weighted by Crippen LogP contribution is 1.85. The quantitative estimate of drug-likeness (QED) is 0.349. The van der Waals surface area contributed by atoms with Crippen LogP contribution in [0.4, 0.5) is 4.39 Å². The summed E-state index contributed by atoms with van der Waals surface area (Å²) in [7, 11) is 0. The molecule has 3 heteroatoms. The van der Waals surface area contributed by atoms with Gasteiger partial charge in [0.05, 0.1) is 0 Å². The lowest BCUT2D eigenvalue weighted by Crippen LogP contribution is -2.25. The third-order valence-electron chi connectivity index (χ3n) is 0.681. The molecule has 1 rings (SSSR count). The van der Waals surface area contributed by atoms with Crippen molar-refractivity contribution in [3.63, 3.8) is 0 Å². The van der Waals surface area contributed by atoms with E-state index in [-0.39, 0.29) is 4.73 Å². The van der Waals surface area contributed by atoms with Gasteiger partial charge < -0.3 is 5.21 Å². The van der Waals surface area contributed by atoms with Gasteiger partial charge in [-0.15, -0.1) is 0 Å². The zero-order chi connectivity index (χ0) is 5.98. The van der Waals surface area contributed by atoms with Gasteiger partial charge in [-0.1, -0.05) is 0 Å².